The molecule has 0 atom stereocenters. The van der Waals surface area contributed by atoms with Crippen LogP contribution in [0, 0.1) is 13.8 Å². The summed E-state index contributed by atoms with van der Waals surface area (Å²) in [5.74, 6) is 0. The second-order valence-electron chi connectivity index (χ2n) is 6.48. The zero-order chi connectivity index (χ0) is 20.4. The molecule has 0 saturated carbocycles. The fourth-order valence-electron chi connectivity index (χ4n) is 3.31. The molecule has 0 aliphatic carbocycles. The van der Waals surface area contributed by atoms with Crippen LogP contribution in [0.25, 0.3) is 5.69 Å². The van der Waals surface area contributed by atoms with Crippen molar-refractivity contribution in [2.45, 2.75) is 5.60 Å². The molecule has 0 saturated heterocycles. The number of aliphatic hydroxyl groups is 1. The van der Waals surface area contributed by atoms with Gasteiger partial charge in [-0.1, -0.05) is 60.7 Å². The topological polar surface area (TPSA) is 81.2 Å². The molecule has 0 aliphatic heterocycles. The Morgan fingerprint density at radius 1 is 0.897 bits per heavy atom. The van der Waals surface area contributed by atoms with Gasteiger partial charge in [-0.05, 0) is 45.9 Å². The maximum absolute atomic E-state index is 11.9. The van der Waals surface area contributed by atoms with Gasteiger partial charge in [0.2, 0.25) is 0 Å². The van der Waals surface area contributed by atoms with Gasteiger partial charge >= 0.3 is 0 Å². The van der Waals surface area contributed by atoms with Gasteiger partial charge in [-0.25, -0.2) is 4.68 Å². The predicted octanol–water partition coefficient (Wildman–Crippen LogP) is 4.67. The third-order valence-electron chi connectivity index (χ3n) is 4.79. The van der Waals surface area contributed by atoms with Crippen LogP contribution in [-0.2, 0) is 5.60 Å². The Morgan fingerprint density at radius 3 is 1.90 bits per heavy atom. The summed E-state index contributed by atoms with van der Waals surface area (Å²) in [4.78, 5) is 10.5. The van der Waals surface area contributed by atoms with Crippen LogP contribution in [0.15, 0.2) is 91.1 Å². The van der Waals surface area contributed by atoms with E-state index >= 15 is 0 Å². The molecule has 6 nitrogen and oxygen atoms in total. The smallest absolute Gasteiger partial charge is 0.269 e. The van der Waals surface area contributed by atoms with Gasteiger partial charge in [-0.3, -0.25) is 10.1 Å². The Labute approximate surface area is 180 Å². The van der Waals surface area contributed by atoms with Gasteiger partial charge in [-0.2, -0.15) is 5.10 Å². The van der Waals surface area contributed by atoms with Gasteiger partial charge < -0.3 is 5.11 Å². The molecule has 1 N–H and O–H groups in total. The molecule has 4 aromatic rings. The van der Waals surface area contributed by atoms with Gasteiger partial charge in [0, 0.05) is 17.7 Å². The lowest BCUT2D eigenvalue weighted by atomic mass is 9.82. The minimum atomic E-state index is -1.39. The molecule has 1 aromatic heterocycles. The number of hydrogen-bond donors (Lipinski definition) is 1. The molecule has 0 radical (unpaired) electrons. The number of non-ortho nitro benzene ring substituents is 1. The molecule has 1 heterocycles. The van der Waals surface area contributed by atoms with Crippen molar-refractivity contribution in [3.8, 4) is 5.69 Å². The molecule has 0 amide bonds. The van der Waals surface area contributed by atoms with Crippen LogP contribution >= 0.6 is 22.6 Å². The standard InChI is InChI=1S/C22H16IN3O3/c23-21-20(15-24-25(21)18-11-13-19(14-12-18)26(28)29)22(27,16-7-3-1-4-8-16)17-9-5-2-6-10-17/h1-15,27H. The summed E-state index contributed by atoms with van der Waals surface area (Å²) in [6, 6.07) is 25.0. The zero-order valence-electron chi connectivity index (χ0n) is 15.1. The molecule has 0 aliphatic rings. The number of hydrogen-bond acceptors (Lipinski definition) is 4. The van der Waals surface area contributed by atoms with Gasteiger partial charge in [0.25, 0.3) is 5.69 Å². The minimum Gasteiger partial charge on any atom is -0.376 e. The van der Waals surface area contributed by atoms with Gasteiger partial charge in [0.1, 0.15) is 9.30 Å². The first-order valence-electron chi connectivity index (χ1n) is 8.84. The molecule has 29 heavy (non-hydrogen) atoms. The third-order valence-corrected chi connectivity index (χ3v) is 5.83. The van der Waals surface area contributed by atoms with E-state index in [1.165, 1.54) is 12.1 Å². The minimum absolute atomic E-state index is 0.0150. The van der Waals surface area contributed by atoms with Crippen molar-refractivity contribution in [3.05, 3.63) is 122 Å². The van der Waals surface area contributed by atoms with Gasteiger partial charge in [-0.15, -0.1) is 0 Å². The highest BCUT2D eigenvalue weighted by Gasteiger charge is 2.37. The Morgan fingerprint density at radius 2 is 1.41 bits per heavy atom. The quantitative estimate of drug-likeness (QED) is 0.247. The molecular weight excluding hydrogens is 481 g/mol. The molecule has 0 bridgehead atoms. The van der Waals surface area contributed by atoms with Crippen molar-refractivity contribution in [3.63, 3.8) is 0 Å². The van der Waals surface area contributed by atoms with Crippen molar-refractivity contribution >= 4 is 28.3 Å². The molecule has 7 heteroatoms. The number of aromatic nitrogens is 2. The fraction of sp³-hybridized carbons (Fsp3) is 0.0455. The van der Waals surface area contributed by atoms with E-state index in [9.17, 15) is 15.2 Å². The Bertz CT molecular complexity index is 1100. The van der Waals surface area contributed by atoms with Crippen LogP contribution in [0.1, 0.15) is 16.7 Å². The van der Waals surface area contributed by atoms with Crippen molar-refractivity contribution in [2.75, 3.05) is 0 Å². The maximum atomic E-state index is 11.9. The summed E-state index contributed by atoms with van der Waals surface area (Å²) in [7, 11) is 0. The molecule has 0 fully saturated rings. The molecule has 144 valence electrons. The zero-order valence-corrected chi connectivity index (χ0v) is 17.3. The Kier molecular flexibility index (Phi) is 5.16. The second-order valence-corrected chi connectivity index (χ2v) is 7.50. The lowest BCUT2D eigenvalue weighted by Gasteiger charge is -2.29. The number of benzene rings is 3. The van der Waals surface area contributed by atoms with Crippen LogP contribution in [0.2, 0.25) is 0 Å². The maximum Gasteiger partial charge on any atom is 0.269 e. The van der Waals surface area contributed by atoms with Crippen molar-refractivity contribution < 1.29 is 10.0 Å². The number of rotatable bonds is 5. The average Bonchev–Trinajstić information content (AvgIpc) is 3.16. The van der Waals surface area contributed by atoms with Crippen molar-refractivity contribution in [1.29, 1.82) is 0 Å². The van der Waals surface area contributed by atoms with E-state index < -0.39 is 10.5 Å². The summed E-state index contributed by atoms with van der Waals surface area (Å²) >= 11 is 2.15. The van der Waals surface area contributed by atoms with Crippen LogP contribution in [-0.4, -0.2) is 19.8 Å². The van der Waals surface area contributed by atoms with Crippen molar-refractivity contribution in [2.24, 2.45) is 0 Å². The van der Waals surface area contributed by atoms with E-state index in [4.69, 9.17) is 0 Å². The van der Waals surface area contributed by atoms with E-state index in [1.807, 2.05) is 60.7 Å². The molecule has 0 unspecified atom stereocenters. The fourth-order valence-corrected chi connectivity index (χ4v) is 4.24. The Hall–Kier alpha value is -3.04. The monoisotopic (exact) mass is 497 g/mol. The van der Waals surface area contributed by atoms with E-state index in [-0.39, 0.29) is 5.69 Å². The third kappa shape index (κ3) is 3.43. The van der Waals surface area contributed by atoms with E-state index in [1.54, 1.807) is 23.0 Å². The van der Waals surface area contributed by atoms with Crippen LogP contribution < -0.4 is 0 Å². The first-order chi connectivity index (χ1) is 14.0. The first-order valence-corrected chi connectivity index (χ1v) is 9.92. The summed E-state index contributed by atoms with van der Waals surface area (Å²) in [6.07, 6.45) is 1.64. The summed E-state index contributed by atoms with van der Waals surface area (Å²) in [5.41, 5.74) is 1.39. The predicted molar refractivity (Wildman–Crippen MR) is 118 cm³/mol. The Balaban J connectivity index is 1.86. The molecule has 3 aromatic carbocycles. The van der Waals surface area contributed by atoms with Crippen LogP contribution in [0.5, 0.6) is 0 Å². The number of nitro benzene ring substituents is 1. The highest BCUT2D eigenvalue weighted by atomic mass is 127. The number of halogens is 1. The SMILES string of the molecule is O=[N+]([O-])c1ccc(-n2ncc(C(O)(c3ccccc3)c3ccccc3)c2I)cc1. The lowest BCUT2D eigenvalue weighted by Crippen LogP contribution is -2.29. The molecule has 4 rings (SSSR count). The summed E-state index contributed by atoms with van der Waals surface area (Å²) < 4.78 is 2.38. The largest absolute Gasteiger partial charge is 0.376 e. The average molecular weight is 497 g/mol. The highest BCUT2D eigenvalue weighted by molar-refractivity contribution is 14.1. The number of nitro groups is 1. The first kappa shape index (κ1) is 19.3. The second kappa shape index (κ2) is 7.76. The molecule has 0 spiro atoms. The highest BCUT2D eigenvalue weighted by Crippen LogP contribution is 2.39. The van der Waals surface area contributed by atoms with Gasteiger partial charge in [0.05, 0.1) is 16.8 Å². The van der Waals surface area contributed by atoms with E-state index in [0.717, 1.165) is 11.1 Å². The summed E-state index contributed by atoms with van der Waals surface area (Å²) in [5, 5.41) is 27.3. The number of nitrogens with zero attached hydrogens (tertiary/aromatic N) is 3. The lowest BCUT2D eigenvalue weighted by molar-refractivity contribution is -0.384. The van der Waals surface area contributed by atoms with E-state index in [2.05, 4.69) is 27.7 Å². The van der Waals surface area contributed by atoms with Gasteiger partial charge in [0.15, 0.2) is 0 Å². The summed E-state index contributed by atoms with van der Waals surface area (Å²) in [6.45, 7) is 0. The molecular formula is C22H16IN3O3. The van der Waals surface area contributed by atoms with Crippen LogP contribution in [0.3, 0.4) is 0 Å². The normalized spacial score (nSPS) is 11.4. The van der Waals surface area contributed by atoms with Crippen molar-refractivity contribution in [1.82, 2.24) is 9.78 Å². The van der Waals surface area contributed by atoms with E-state index in [0.29, 0.717) is 15.0 Å². The van der Waals surface area contributed by atoms with Crippen LogP contribution in [0.4, 0.5) is 5.69 Å².